The Balaban J connectivity index is 2.13. The lowest BCUT2D eigenvalue weighted by Gasteiger charge is -2.36. The first kappa shape index (κ1) is 12.9. The van der Waals surface area contributed by atoms with E-state index in [1.807, 2.05) is 0 Å². The standard InChI is InChI=1S/C11H17BrN2S2/c1-8-7-14(3-5-15-8)10(6-13)11-9(12)2-4-16-11/h2,4,8,10H,3,5-7,13H2,1H3. The Morgan fingerprint density at radius 3 is 3.06 bits per heavy atom. The number of nitrogens with zero attached hydrogens (tertiary/aromatic N) is 1. The number of thioether (sulfide) groups is 1. The second-order valence-corrected chi connectivity index (χ2v) is 7.41. The van der Waals surface area contributed by atoms with E-state index in [1.54, 1.807) is 11.3 Å². The average molecular weight is 321 g/mol. The summed E-state index contributed by atoms with van der Waals surface area (Å²) in [4.78, 5) is 3.90. The van der Waals surface area contributed by atoms with Crippen molar-refractivity contribution >= 4 is 39.0 Å². The smallest absolute Gasteiger partial charge is 0.0576 e. The van der Waals surface area contributed by atoms with Crippen molar-refractivity contribution in [2.75, 3.05) is 25.4 Å². The van der Waals surface area contributed by atoms with Gasteiger partial charge in [-0.15, -0.1) is 11.3 Å². The van der Waals surface area contributed by atoms with Crippen molar-refractivity contribution in [1.82, 2.24) is 4.90 Å². The topological polar surface area (TPSA) is 29.3 Å². The van der Waals surface area contributed by atoms with E-state index in [9.17, 15) is 0 Å². The molecule has 1 aromatic rings. The molecular weight excluding hydrogens is 304 g/mol. The van der Waals surface area contributed by atoms with Gasteiger partial charge in [-0.05, 0) is 27.4 Å². The first-order valence-corrected chi connectivity index (χ1v) is 8.23. The minimum absolute atomic E-state index is 0.387. The van der Waals surface area contributed by atoms with Gasteiger partial charge < -0.3 is 5.73 Å². The van der Waals surface area contributed by atoms with E-state index >= 15 is 0 Å². The van der Waals surface area contributed by atoms with Crippen molar-refractivity contribution in [2.45, 2.75) is 18.2 Å². The molecule has 1 fully saturated rings. The van der Waals surface area contributed by atoms with Crippen LogP contribution in [0.1, 0.15) is 17.8 Å². The molecule has 1 aromatic heterocycles. The third-order valence-corrected chi connectivity index (χ3v) is 5.99. The molecule has 2 unspecified atom stereocenters. The maximum atomic E-state index is 5.95. The zero-order valence-corrected chi connectivity index (χ0v) is 12.6. The van der Waals surface area contributed by atoms with Crippen LogP contribution in [0.3, 0.4) is 0 Å². The first-order valence-electron chi connectivity index (χ1n) is 5.51. The molecule has 2 atom stereocenters. The zero-order valence-electron chi connectivity index (χ0n) is 9.36. The summed E-state index contributed by atoms with van der Waals surface area (Å²) in [6, 6.07) is 2.50. The summed E-state index contributed by atoms with van der Waals surface area (Å²) < 4.78 is 1.21. The van der Waals surface area contributed by atoms with Gasteiger partial charge in [-0.25, -0.2) is 0 Å². The van der Waals surface area contributed by atoms with Crippen molar-refractivity contribution in [3.8, 4) is 0 Å². The van der Waals surface area contributed by atoms with Gasteiger partial charge in [-0.1, -0.05) is 6.92 Å². The Hall–Kier alpha value is 0.450. The van der Waals surface area contributed by atoms with Crippen LogP contribution in [0.4, 0.5) is 0 Å². The lowest BCUT2D eigenvalue weighted by Crippen LogP contribution is -2.41. The van der Waals surface area contributed by atoms with E-state index in [2.05, 4.69) is 51.0 Å². The molecule has 0 aromatic carbocycles. The third-order valence-electron chi connectivity index (χ3n) is 2.88. The second-order valence-electron chi connectivity index (χ2n) is 4.06. The molecule has 2 nitrogen and oxygen atoms in total. The van der Waals surface area contributed by atoms with Crippen LogP contribution in [0.25, 0.3) is 0 Å². The summed E-state index contributed by atoms with van der Waals surface area (Å²) >= 11 is 7.47. The monoisotopic (exact) mass is 320 g/mol. The van der Waals surface area contributed by atoms with Crippen LogP contribution < -0.4 is 5.73 Å². The Bertz CT molecular complexity index is 342. The average Bonchev–Trinajstić information content (AvgIpc) is 2.67. The van der Waals surface area contributed by atoms with Gasteiger partial charge >= 0.3 is 0 Å². The number of hydrogen-bond donors (Lipinski definition) is 1. The van der Waals surface area contributed by atoms with Gasteiger partial charge in [0.25, 0.3) is 0 Å². The highest BCUT2D eigenvalue weighted by atomic mass is 79.9. The highest BCUT2D eigenvalue weighted by Gasteiger charge is 2.26. The van der Waals surface area contributed by atoms with Crippen LogP contribution in [-0.2, 0) is 0 Å². The molecule has 0 saturated carbocycles. The Labute approximate surface area is 114 Å². The van der Waals surface area contributed by atoms with Crippen molar-refractivity contribution in [1.29, 1.82) is 0 Å². The van der Waals surface area contributed by atoms with E-state index in [1.165, 1.54) is 15.1 Å². The fraction of sp³-hybridized carbons (Fsp3) is 0.636. The summed E-state index contributed by atoms with van der Waals surface area (Å²) in [5.74, 6) is 1.22. The van der Waals surface area contributed by atoms with Crippen LogP contribution in [0, 0.1) is 0 Å². The maximum absolute atomic E-state index is 5.95. The lowest BCUT2D eigenvalue weighted by atomic mass is 10.2. The van der Waals surface area contributed by atoms with E-state index < -0.39 is 0 Å². The molecule has 0 bridgehead atoms. The quantitative estimate of drug-likeness (QED) is 0.928. The van der Waals surface area contributed by atoms with E-state index in [-0.39, 0.29) is 0 Å². The largest absolute Gasteiger partial charge is 0.329 e. The Kier molecular flexibility index (Phi) is 4.73. The van der Waals surface area contributed by atoms with Gasteiger partial charge in [-0.2, -0.15) is 11.8 Å². The summed E-state index contributed by atoms with van der Waals surface area (Å²) in [6.07, 6.45) is 0. The fourth-order valence-corrected chi connectivity index (χ4v) is 4.92. The van der Waals surface area contributed by atoms with Gasteiger partial charge in [-0.3, -0.25) is 4.90 Å². The molecule has 16 heavy (non-hydrogen) atoms. The second kappa shape index (κ2) is 5.87. The molecular formula is C11H17BrN2S2. The van der Waals surface area contributed by atoms with Crippen LogP contribution in [0.15, 0.2) is 15.9 Å². The third kappa shape index (κ3) is 2.82. The maximum Gasteiger partial charge on any atom is 0.0576 e. The van der Waals surface area contributed by atoms with E-state index in [4.69, 9.17) is 5.73 Å². The lowest BCUT2D eigenvalue weighted by molar-refractivity contribution is 0.213. The molecule has 1 aliphatic rings. The predicted octanol–water partition coefficient (Wildman–Crippen LogP) is 2.95. The van der Waals surface area contributed by atoms with Gasteiger partial charge in [0, 0.05) is 40.0 Å². The molecule has 2 heterocycles. The van der Waals surface area contributed by atoms with Gasteiger partial charge in [0.2, 0.25) is 0 Å². The number of nitrogens with two attached hydrogens (primary N) is 1. The number of hydrogen-bond acceptors (Lipinski definition) is 4. The summed E-state index contributed by atoms with van der Waals surface area (Å²) in [5.41, 5.74) is 5.95. The van der Waals surface area contributed by atoms with Crippen LogP contribution in [0.2, 0.25) is 0 Å². The molecule has 5 heteroatoms. The normalized spacial score (nSPS) is 24.6. The van der Waals surface area contributed by atoms with Crippen LogP contribution >= 0.6 is 39.0 Å². The molecule has 0 aliphatic carbocycles. The van der Waals surface area contributed by atoms with E-state index in [0.29, 0.717) is 12.6 Å². The molecule has 90 valence electrons. The molecule has 1 saturated heterocycles. The molecule has 0 spiro atoms. The van der Waals surface area contributed by atoms with E-state index in [0.717, 1.165) is 18.3 Å². The van der Waals surface area contributed by atoms with Crippen LogP contribution in [0.5, 0.6) is 0 Å². The van der Waals surface area contributed by atoms with Crippen molar-refractivity contribution < 1.29 is 0 Å². The van der Waals surface area contributed by atoms with Gasteiger partial charge in [0.05, 0.1) is 6.04 Å². The minimum Gasteiger partial charge on any atom is -0.329 e. The Morgan fingerprint density at radius 2 is 2.50 bits per heavy atom. The van der Waals surface area contributed by atoms with Crippen molar-refractivity contribution in [2.24, 2.45) is 5.73 Å². The van der Waals surface area contributed by atoms with Gasteiger partial charge in [0.1, 0.15) is 0 Å². The molecule has 2 rings (SSSR count). The zero-order chi connectivity index (χ0) is 11.5. The van der Waals surface area contributed by atoms with Crippen LogP contribution in [-0.4, -0.2) is 35.5 Å². The van der Waals surface area contributed by atoms with Crippen molar-refractivity contribution in [3.05, 3.63) is 20.8 Å². The molecule has 2 N–H and O–H groups in total. The number of rotatable bonds is 3. The van der Waals surface area contributed by atoms with Gasteiger partial charge in [0.15, 0.2) is 0 Å². The fourth-order valence-electron chi connectivity index (χ4n) is 2.09. The minimum atomic E-state index is 0.387. The Morgan fingerprint density at radius 1 is 1.69 bits per heavy atom. The highest BCUT2D eigenvalue weighted by Crippen LogP contribution is 2.34. The highest BCUT2D eigenvalue weighted by molar-refractivity contribution is 9.10. The number of thiophene rings is 1. The predicted molar refractivity (Wildman–Crippen MR) is 77.3 cm³/mol. The molecule has 0 amide bonds. The summed E-state index contributed by atoms with van der Waals surface area (Å²) in [5, 5.41) is 2.85. The first-order chi connectivity index (χ1) is 7.72. The molecule has 0 radical (unpaired) electrons. The van der Waals surface area contributed by atoms with Crippen molar-refractivity contribution in [3.63, 3.8) is 0 Å². The molecule has 1 aliphatic heterocycles. The summed E-state index contributed by atoms with van der Waals surface area (Å²) in [7, 11) is 0. The number of halogens is 1. The SMILES string of the molecule is CC1CN(C(CN)c2sccc2Br)CCS1. The summed E-state index contributed by atoms with van der Waals surface area (Å²) in [6.45, 7) is 5.31.